The number of nitrogens with zero attached hydrogens (tertiary/aromatic N) is 3. The van der Waals surface area contributed by atoms with Gasteiger partial charge in [0.25, 0.3) is 0 Å². The number of fused-ring (bicyclic) bond motifs is 1. The van der Waals surface area contributed by atoms with E-state index in [1.165, 1.54) is 23.4 Å². The van der Waals surface area contributed by atoms with E-state index in [-0.39, 0.29) is 5.82 Å². The Morgan fingerprint density at radius 2 is 1.85 bits per heavy atom. The highest BCUT2D eigenvalue weighted by Gasteiger charge is 2.17. The summed E-state index contributed by atoms with van der Waals surface area (Å²) in [5.41, 5.74) is 4.30. The first kappa shape index (κ1) is 18.3. The minimum atomic E-state index is -0.315. The molecule has 0 aliphatic heterocycles. The third kappa shape index (κ3) is 3.70. The zero-order valence-electron chi connectivity index (χ0n) is 14.7. The van der Waals surface area contributed by atoms with E-state index in [2.05, 4.69) is 34.2 Å². The molecule has 4 rings (SSSR count). The Labute approximate surface area is 169 Å². The van der Waals surface area contributed by atoms with E-state index in [4.69, 9.17) is 11.6 Å². The molecule has 136 valence electrons. The number of benzene rings is 2. The highest BCUT2D eigenvalue weighted by molar-refractivity contribution is 7.98. The molecule has 2 heterocycles. The molecule has 0 N–H and O–H groups in total. The van der Waals surface area contributed by atoms with Crippen LogP contribution < -0.4 is 0 Å². The van der Waals surface area contributed by atoms with Crippen LogP contribution in [0, 0.1) is 19.7 Å². The molecule has 3 nitrogen and oxygen atoms in total. The van der Waals surface area contributed by atoms with E-state index >= 15 is 0 Å². The van der Waals surface area contributed by atoms with Crippen molar-refractivity contribution >= 4 is 44.9 Å². The molecule has 0 fully saturated rings. The molecule has 0 atom stereocenters. The first-order valence-corrected chi connectivity index (χ1v) is 10.5. The van der Waals surface area contributed by atoms with Crippen molar-refractivity contribution < 1.29 is 4.39 Å². The summed E-state index contributed by atoms with van der Waals surface area (Å²) in [6.07, 6.45) is 0. The maximum absolute atomic E-state index is 14.0. The largest absolute Gasteiger partial charge is 0.238 e. The van der Waals surface area contributed by atoms with Gasteiger partial charge in [0.15, 0.2) is 0 Å². The van der Waals surface area contributed by atoms with Gasteiger partial charge in [0, 0.05) is 21.9 Å². The highest BCUT2D eigenvalue weighted by Crippen LogP contribution is 2.37. The van der Waals surface area contributed by atoms with Gasteiger partial charge in [-0.2, -0.15) is 0 Å². The highest BCUT2D eigenvalue weighted by atomic mass is 35.5. The third-order valence-electron chi connectivity index (χ3n) is 4.13. The summed E-state index contributed by atoms with van der Waals surface area (Å²) in [4.78, 5) is 4.64. The van der Waals surface area contributed by atoms with Crippen molar-refractivity contribution in [2.24, 2.45) is 0 Å². The first-order valence-electron chi connectivity index (χ1n) is 8.29. The van der Waals surface area contributed by atoms with E-state index in [0.29, 0.717) is 21.4 Å². The fourth-order valence-corrected chi connectivity index (χ4v) is 4.99. The molecule has 0 saturated carbocycles. The van der Waals surface area contributed by atoms with Crippen LogP contribution in [0.5, 0.6) is 0 Å². The van der Waals surface area contributed by atoms with Crippen molar-refractivity contribution in [3.63, 3.8) is 0 Å². The number of thiazole rings is 1. The maximum Gasteiger partial charge on any atom is 0.146 e. The molecule has 0 aliphatic rings. The number of rotatable bonds is 4. The SMILES string of the molecule is Cc1ccc(-c2nnc(SCc3c(F)cccc3Cl)c3nc(C)sc23)cc1. The van der Waals surface area contributed by atoms with Crippen LogP contribution in [0.4, 0.5) is 4.39 Å². The Morgan fingerprint density at radius 3 is 2.59 bits per heavy atom. The average molecular weight is 416 g/mol. The Balaban J connectivity index is 1.73. The van der Waals surface area contributed by atoms with Crippen molar-refractivity contribution in [3.05, 3.63) is 69.4 Å². The van der Waals surface area contributed by atoms with Crippen molar-refractivity contribution in [1.29, 1.82) is 0 Å². The van der Waals surface area contributed by atoms with E-state index in [0.717, 1.165) is 26.5 Å². The fraction of sp³-hybridized carbons (Fsp3) is 0.150. The lowest BCUT2D eigenvalue weighted by atomic mass is 10.1. The number of hydrogen-bond acceptors (Lipinski definition) is 5. The van der Waals surface area contributed by atoms with Gasteiger partial charge in [0.2, 0.25) is 0 Å². The van der Waals surface area contributed by atoms with Crippen molar-refractivity contribution in [2.75, 3.05) is 0 Å². The molecule has 27 heavy (non-hydrogen) atoms. The molecule has 0 spiro atoms. The van der Waals surface area contributed by atoms with Crippen LogP contribution in [0.1, 0.15) is 16.1 Å². The molecule has 2 aromatic heterocycles. The van der Waals surface area contributed by atoms with Gasteiger partial charge in [-0.3, -0.25) is 0 Å². The van der Waals surface area contributed by atoms with Crippen molar-refractivity contribution in [2.45, 2.75) is 24.6 Å². The van der Waals surface area contributed by atoms with E-state index in [9.17, 15) is 4.39 Å². The van der Waals surface area contributed by atoms with Crippen LogP contribution >= 0.6 is 34.7 Å². The Kier molecular flexibility index (Phi) is 5.12. The van der Waals surface area contributed by atoms with Gasteiger partial charge >= 0.3 is 0 Å². The van der Waals surface area contributed by atoms with E-state index in [1.807, 2.05) is 19.1 Å². The molecular weight excluding hydrogens is 401 g/mol. The van der Waals surface area contributed by atoms with Crippen LogP contribution in [-0.2, 0) is 5.75 Å². The summed E-state index contributed by atoms with van der Waals surface area (Å²) in [6.45, 7) is 4.02. The lowest BCUT2D eigenvalue weighted by Crippen LogP contribution is -1.94. The molecule has 7 heteroatoms. The molecule has 0 saturated heterocycles. The first-order chi connectivity index (χ1) is 13.0. The number of halogens is 2. The van der Waals surface area contributed by atoms with Crippen LogP contribution in [-0.4, -0.2) is 15.2 Å². The maximum atomic E-state index is 14.0. The fourth-order valence-electron chi connectivity index (χ4n) is 2.73. The minimum Gasteiger partial charge on any atom is -0.238 e. The van der Waals surface area contributed by atoms with Crippen molar-refractivity contribution in [1.82, 2.24) is 15.2 Å². The lowest BCUT2D eigenvalue weighted by molar-refractivity contribution is 0.617. The number of aryl methyl sites for hydroxylation is 2. The quantitative estimate of drug-likeness (QED) is 0.359. The normalized spacial score (nSPS) is 11.3. The molecular formula is C20H15ClFN3S2. The smallest absolute Gasteiger partial charge is 0.146 e. The van der Waals surface area contributed by atoms with Crippen molar-refractivity contribution in [3.8, 4) is 11.3 Å². The van der Waals surface area contributed by atoms with Crippen LogP contribution in [0.25, 0.3) is 21.5 Å². The summed E-state index contributed by atoms with van der Waals surface area (Å²) in [7, 11) is 0. The van der Waals surface area contributed by atoms with Gasteiger partial charge in [-0.25, -0.2) is 9.37 Å². The predicted molar refractivity (Wildman–Crippen MR) is 111 cm³/mol. The topological polar surface area (TPSA) is 38.7 Å². The monoisotopic (exact) mass is 415 g/mol. The van der Waals surface area contributed by atoms with E-state index in [1.54, 1.807) is 23.5 Å². The third-order valence-corrected chi connectivity index (χ3v) is 6.45. The summed E-state index contributed by atoms with van der Waals surface area (Å²) >= 11 is 9.12. The van der Waals surface area contributed by atoms with Gasteiger partial charge < -0.3 is 0 Å². The number of thioether (sulfide) groups is 1. The van der Waals surface area contributed by atoms with Crippen LogP contribution in [0.2, 0.25) is 5.02 Å². The van der Waals surface area contributed by atoms with Gasteiger partial charge in [-0.1, -0.05) is 59.3 Å². The molecule has 4 aromatic rings. The summed E-state index contributed by atoms with van der Waals surface area (Å²) in [5.74, 6) is 0.0559. The second-order valence-corrected chi connectivity index (χ2v) is 8.69. The van der Waals surface area contributed by atoms with E-state index < -0.39 is 0 Å². The number of hydrogen-bond donors (Lipinski definition) is 0. The summed E-state index contributed by atoms with van der Waals surface area (Å²) < 4.78 is 15.0. The van der Waals surface area contributed by atoms with Crippen LogP contribution in [0.15, 0.2) is 47.5 Å². The lowest BCUT2D eigenvalue weighted by Gasteiger charge is -2.07. The summed E-state index contributed by atoms with van der Waals surface area (Å²) in [5, 5.41) is 10.9. The molecule has 0 amide bonds. The Bertz CT molecular complexity index is 1110. The number of aromatic nitrogens is 3. The molecule has 2 aromatic carbocycles. The Hall–Kier alpha value is -2.02. The minimum absolute atomic E-state index is 0.315. The standard InChI is InChI=1S/C20H15ClFN3S2/c1-11-6-8-13(9-7-11)17-19-18(23-12(2)27-19)20(25-24-17)26-10-14-15(21)4-3-5-16(14)22/h3-9H,10H2,1-2H3. The molecule has 0 radical (unpaired) electrons. The zero-order valence-corrected chi connectivity index (χ0v) is 17.1. The molecule has 0 aliphatic carbocycles. The second kappa shape index (κ2) is 7.54. The van der Waals surface area contributed by atoms with Gasteiger partial charge in [-0.05, 0) is 26.0 Å². The average Bonchev–Trinajstić information content (AvgIpc) is 3.04. The van der Waals surface area contributed by atoms with Gasteiger partial charge in [-0.15, -0.1) is 21.5 Å². The predicted octanol–water partition coefficient (Wildman–Crippen LogP) is 6.45. The Morgan fingerprint density at radius 1 is 1.07 bits per heavy atom. The van der Waals surface area contributed by atoms with Gasteiger partial charge in [0.1, 0.15) is 22.1 Å². The van der Waals surface area contributed by atoms with Gasteiger partial charge in [0.05, 0.1) is 9.71 Å². The van der Waals surface area contributed by atoms with Crippen LogP contribution in [0.3, 0.4) is 0 Å². The summed E-state index contributed by atoms with van der Waals surface area (Å²) in [6, 6.07) is 12.9. The molecule has 0 unspecified atom stereocenters. The molecule has 0 bridgehead atoms. The zero-order chi connectivity index (χ0) is 19.0. The second-order valence-electron chi connectivity index (χ2n) is 6.12.